The summed E-state index contributed by atoms with van der Waals surface area (Å²) < 4.78 is 8.10. The van der Waals surface area contributed by atoms with Crippen molar-refractivity contribution in [1.29, 1.82) is 0 Å². The SMILES string of the molecule is CC(C)(O)C(C)(C)O[B]c1ccc2c(c1)nc(-c1ccccc1)n2-c1ccccc1. The molecule has 0 fully saturated rings. The molecule has 0 unspecified atom stereocenters. The van der Waals surface area contributed by atoms with E-state index in [0.717, 1.165) is 33.6 Å². The van der Waals surface area contributed by atoms with Gasteiger partial charge in [0.1, 0.15) is 5.82 Å². The minimum Gasteiger partial charge on any atom is -0.427 e. The lowest BCUT2D eigenvalue weighted by molar-refractivity contribution is -0.0893. The molecule has 30 heavy (non-hydrogen) atoms. The average molecular weight is 397 g/mol. The van der Waals surface area contributed by atoms with Crippen LogP contribution in [0, 0.1) is 0 Å². The Kier molecular flexibility index (Phi) is 5.26. The lowest BCUT2D eigenvalue weighted by atomic mass is 9.82. The minimum atomic E-state index is -0.969. The Morgan fingerprint density at radius 3 is 2.13 bits per heavy atom. The minimum absolute atomic E-state index is 0.722. The van der Waals surface area contributed by atoms with Gasteiger partial charge in [-0.2, -0.15) is 0 Å². The first-order chi connectivity index (χ1) is 14.3. The van der Waals surface area contributed by atoms with E-state index in [1.165, 1.54) is 0 Å². The van der Waals surface area contributed by atoms with Crippen LogP contribution in [-0.4, -0.2) is 33.3 Å². The molecule has 1 heterocycles. The largest absolute Gasteiger partial charge is 0.427 e. The van der Waals surface area contributed by atoms with Gasteiger partial charge in [0.15, 0.2) is 0 Å². The number of hydrogen-bond donors (Lipinski definition) is 1. The standard InChI is InChI=1S/C25H26BN2O2/c1-24(2,29)25(3,4)30-26-19-15-16-22-21(17-19)27-23(18-11-7-5-8-12-18)28(22)20-13-9-6-10-14-20/h5-17,29H,1-4H3. The van der Waals surface area contributed by atoms with Gasteiger partial charge >= 0.3 is 7.48 Å². The quantitative estimate of drug-likeness (QED) is 0.488. The predicted octanol–water partition coefficient (Wildman–Crippen LogP) is 4.50. The molecule has 0 aliphatic carbocycles. The number of imidazole rings is 1. The zero-order valence-electron chi connectivity index (χ0n) is 17.8. The van der Waals surface area contributed by atoms with Crippen molar-refractivity contribution in [2.75, 3.05) is 0 Å². The molecule has 151 valence electrons. The summed E-state index contributed by atoms with van der Waals surface area (Å²) in [6.07, 6.45) is 0. The third kappa shape index (κ3) is 3.91. The van der Waals surface area contributed by atoms with Gasteiger partial charge in [-0.1, -0.05) is 60.1 Å². The lowest BCUT2D eigenvalue weighted by Gasteiger charge is -2.37. The zero-order chi connectivity index (χ0) is 21.4. The molecule has 3 aromatic carbocycles. The summed E-state index contributed by atoms with van der Waals surface area (Å²) in [5.74, 6) is 0.895. The third-order valence-corrected chi connectivity index (χ3v) is 5.69. The number of nitrogens with zero attached hydrogens (tertiary/aromatic N) is 2. The molecule has 4 aromatic rings. The number of aromatic nitrogens is 2. The van der Waals surface area contributed by atoms with Crippen LogP contribution in [0.15, 0.2) is 78.9 Å². The second kappa shape index (κ2) is 7.75. The molecule has 1 radical (unpaired) electrons. The van der Waals surface area contributed by atoms with Crippen LogP contribution in [0.25, 0.3) is 28.1 Å². The molecule has 0 spiro atoms. The normalized spacial score (nSPS) is 12.3. The molecular formula is C25H26BN2O2. The second-order valence-electron chi connectivity index (χ2n) is 8.53. The lowest BCUT2D eigenvalue weighted by Crippen LogP contribution is -2.49. The maximum absolute atomic E-state index is 10.3. The monoisotopic (exact) mass is 397 g/mol. The first-order valence-corrected chi connectivity index (χ1v) is 10.1. The Morgan fingerprint density at radius 1 is 0.867 bits per heavy atom. The van der Waals surface area contributed by atoms with Crippen molar-refractivity contribution in [3.63, 3.8) is 0 Å². The Bertz CT molecular complexity index is 1150. The van der Waals surface area contributed by atoms with Gasteiger partial charge in [0.25, 0.3) is 0 Å². The summed E-state index contributed by atoms with van der Waals surface area (Å²) in [6, 6.07) is 26.5. The Labute approximate surface area is 178 Å². The number of benzene rings is 3. The van der Waals surface area contributed by atoms with E-state index in [9.17, 15) is 5.11 Å². The number of aliphatic hydroxyl groups is 1. The summed E-state index contributed by atoms with van der Waals surface area (Å²) >= 11 is 0. The molecule has 0 amide bonds. The summed E-state index contributed by atoms with van der Waals surface area (Å²) in [4.78, 5) is 4.95. The fourth-order valence-corrected chi connectivity index (χ4v) is 3.15. The van der Waals surface area contributed by atoms with Crippen LogP contribution >= 0.6 is 0 Å². The predicted molar refractivity (Wildman–Crippen MR) is 123 cm³/mol. The van der Waals surface area contributed by atoms with E-state index in [2.05, 4.69) is 34.9 Å². The topological polar surface area (TPSA) is 47.3 Å². The molecule has 0 aliphatic rings. The van der Waals surface area contributed by atoms with Gasteiger partial charge < -0.3 is 9.76 Å². The molecule has 0 saturated heterocycles. The van der Waals surface area contributed by atoms with Gasteiger partial charge in [-0.3, -0.25) is 4.57 Å². The van der Waals surface area contributed by atoms with Crippen molar-refractivity contribution in [2.24, 2.45) is 0 Å². The Hall–Kier alpha value is -2.89. The van der Waals surface area contributed by atoms with E-state index in [1.807, 2.05) is 62.4 Å². The van der Waals surface area contributed by atoms with Crippen molar-refractivity contribution in [3.8, 4) is 17.1 Å². The smallest absolute Gasteiger partial charge is 0.330 e. The average Bonchev–Trinajstić information content (AvgIpc) is 3.11. The zero-order valence-corrected chi connectivity index (χ0v) is 17.8. The van der Waals surface area contributed by atoms with Crippen LogP contribution in [0.4, 0.5) is 0 Å². The van der Waals surface area contributed by atoms with Crippen molar-refractivity contribution >= 4 is 24.0 Å². The van der Waals surface area contributed by atoms with Crippen molar-refractivity contribution in [2.45, 2.75) is 38.9 Å². The first kappa shape index (κ1) is 20.4. The molecule has 0 aliphatic heterocycles. The van der Waals surface area contributed by atoms with Crippen molar-refractivity contribution < 1.29 is 9.76 Å². The molecule has 0 atom stereocenters. The van der Waals surface area contributed by atoms with Crippen LogP contribution < -0.4 is 5.46 Å². The Balaban J connectivity index is 1.77. The molecular weight excluding hydrogens is 371 g/mol. The van der Waals surface area contributed by atoms with Gasteiger partial charge in [-0.25, -0.2) is 4.98 Å². The highest BCUT2D eigenvalue weighted by atomic mass is 16.5. The van der Waals surface area contributed by atoms with E-state index in [-0.39, 0.29) is 0 Å². The van der Waals surface area contributed by atoms with Gasteiger partial charge in [-0.05, 0) is 52.0 Å². The van der Waals surface area contributed by atoms with Crippen LogP contribution in [0.3, 0.4) is 0 Å². The Morgan fingerprint density at radius 2 is 1.50 bits per heavy atom. The maximum atomic E-state index is 10.3. The third-order valence-electron chi connectivity index (χ3n) is 5.69. The highest BCUT2D eigenvalue weighted by Gasteiger charge is 2.35. The molecule has 4 nitrogen and oxygen atoms in total. The fraction of sp³-hybridized carbons (Fsp3) is 0.240. The number of hydrogen-bond acceptors (Lipinski definition) is 3. The van der Waals surface area contributed by atoms with Crippen LogP contribution in [0.5, 0.6) is 0 Å². The van der Waals surface area contributed by atoms with E-state index in [1.54, 1.807) is 21.3 Å². The number of rotatable bonds is 6. The van der Waals surface area contributed by atoms with E-state index < -0.39 is 11.2 Å². The van der Waals surface area contributed by atoms with E-state index >= 15 is 0 Å². The van der Waals surface area contributed by atoms with Crippen LogP contribution in [0.2, 0.25) is 0 Å². The first-order valence-electron chi connectivity index (χ1n) is 10.1. The molecule has 0 bridgehead atoms. The van der Waals surface area contributed by atoms with Crippen molar-refractivity contribution in [1.82, 2.24) is 9.55 Å². The van der Waals surface area contributed by atoms with Crippen molar-refractivity contribution in [3.05, 3.63) is 78.9 Å². The maximum Gasteiger partial charge on any atom is 0.330 e. The summed E-state index contributed by atoms with van der Waals surface area (Å²) in [7, 11) is 1.70. The highest BCUT2D eigenvalue weighted by molar-refractivity contribution is 6.47. The van der Waals surface area contributed by atoms with Gasteiger partial charge in [0, 0.05) is 11.3 Å². The summed E-state index contributed by atoms with van der Waals surface area (Å²) in [5, 5.41) is 10.3. The molecule has 1 N–H and O–H groups in total. The highest BCUT2D eigenvalue weighted by Crippen LogP contribution is 2.28. The van der Waals surface area contributed by atoms with Crippen LogP contribution in [-0.2, 0) is 4.65 Å². The summed E-state index contributed by atoms with van der Waals surface area (Å²) in [5.41, 5.74) is 3.24. The summed E-state index contributed by atoms with van der Waals surface area (Å²) in [6.45, 7) is 7.24. The second-order valence-corrected chi connectivity index (χ2v) is 8.53. The molecule has 4 rings (SSSR count). The van der Waals surface area contributed by atoms with E-state index in [0.29, 0.717) is 0 Å². The number of para-hydroxylation sites is 1. The fourth-order valence-electron chi connectivity index (χ4n) is 3.15. The van der Waals surface area contributed by atoms with Gasteiger partial charge in [0.05, 0.1) is 22.2 Å². The molecule has 5 heteroatoms. The van der Waals surface area contributed by atoms with E-state index in [4.69, 9.17) is 9.64 Å². The van der Waals surface area contributed by atoms with Crippen LogP contribution in [0.1, 0.15) is 27.7 Å². The van der Waals surface area contributed by atoms with Gasteiger partial charge in [-0.15, -0.1) is 0 Å². The molecule has 0 saturated carbocycles. The van der Waals surface area contributed by atoms with Gasteiger partial charge in [0.2, 0.25) is 0 Å². The molecule has 1 aromatic heterocycles. The number of fused-ring (bicyclic) bond motifs is 1.